The molecule has 1 N–H and O–H groups in total. The van der Waals surface area contributed by atoms with E-state index in [4.69, 9.17) is 18.9 Å². The maximum Gasteiger partial charge on any atom is 0.351 e. The van der Waals surface area contributed by atoms with Crippen LogP contribution in [-0.4, -0.2) is 57.3 Å². The third-order valence-corrected chi connectivity index (χ3v) is 6.03. The van der Waals surface area contributed by atoms with E-state index in [0.717, 1.165) is 4.57 Å². The van der Waals surface area contributed by atoms with E-state index in [-0.39, 0.29) is 29.3 Å². The smallest absolute Gasteiger partial charge is 0.351 e. The minimum Gasteiger partial charge on any atom is -0.458 e. The molecule has 2 aromatic carbocycles. The van der Waals surface area contributed by atoms with Gasteiger partial charge in [0.15, 0.2) is 24.5 Å². The number of esters is 3. The lowest BCUT2D eigenvalue weighted by Crippen LogP contribution is -2.44. The van der Waals surface area contributed by atoms with Gasteiger partial charge < -0.3 is 24.3 Å². The average Bonchev–Trinajstić information content (AvgIpc) is 3.30. The normalized spacial score (nSPS) is 19.9. The van der Waals surface area contributed by atoms with Gasteiger partial charge in [0.2, 0.25) is 5.91 Å². The predicted octanol–water partition coefficient (Wildman–Crippen LogP) is 3.28. The lowest BCUT2D eigenvalue weighted by Gasteiger charge is -2.26. The number of hydrogen-bond acceptors (Lipinski definition) is 10. The summed E-state index contributed by atoms with van der Waals surface area (Å²) in [5.74, 6) is -2.89. The number of rotatable bonds is 8. The molecule has 0 radical (unpaired) electrons. The minimum absolute atomic E-state index is 0.00493. The number of ether oxygens (including phenoxy) is 4. The second kappa shape index (κ2) is 12.8. The highest BCUT2D eigenvalue weighted by Gasteiger charge is 2.55. The van der Waals surface area contributed by atoms with Crippen molar-refractivity contribution in [2.75, 3.05) is 5.32 Å². The van der Waals surface area contributed by atoms with Gasteiger partial charge in [-0.1, -0.05) is 43.3 Å². The Morgan fingerprint density at radius 2 is 1.43 bits per heavy atom. The van der Waals surface area contributed by atoms with Crippen LogP contribution in [0.4, 0.5) is 5.82 Å². The van der Waals surface area contributed by atoms with Crippen molar-refractivity contribution in [1.82, 2.24) is 9.55 Å². The fraction of sp³-hybridized carbons (Fsp3) is 0.333. The van der Waals surface area contributed by atoms with Gasteiger partial charge in [-0.3, -0.25) is 9.36 Å². The second-order valence-electron chi connectivity index (χ2n) is 10.4. The fourth-order valence-electron chi connectivity index (χ4n) is 4.11. The molecule has 4 atom stereocenters. The number of nitrogens with one attached hydrogen (secondary N) is 1. The zero-order valence-electron chi connectivity index (χ0n) is 23.5. The molecule has 3 aromatic rings. The first-order chi connectivity index (χ1) is 20.0. The average molecular weight is 578 g/mol. The second-order valence-corrected chi connectivity index (χ2v) is 10.4. The van der Waals surface area contributed by atoms with Crippen LogP contribution in [0.25, 0.3) is 0 Å². The molecule has 0 saturated carbocycles. The van der Waals surface area contributed by atoms with E-state index < -0.39 is 53.7 Å². The standard InChI is InChI=1S/C30H31N3O9/c1-5-21(34)31-20-16-17-33(29(38)32-20)25-23(41-27(36)19-14-10-7-11-15-19)22(24(39-25)28(37)42-30(2,3)4)40-26(35)18-12-8-6-9-13-18/h6-17,22-25H,5H2,1-4H3,(H,31,32,34,38)/t22-,23-,24-,25+/m0/s1. The zero-order chi connectivity index (χ0) is 30.4. The fourth-order valence-corrected chi connectivity index (χ4v) is 4.11. The molecular weight excluding hydrogens is 546 g/mol. The summed E-state index contributed by atoms with van der Waals surface area (Å²) in [5, 5.41) is 2.49. The largest absolute Gasteiger partial charge is 0.458 e. The van der Waals surface area contributed by atoms with Crippen molar-refractivity contribution in [3.05, 3.63) is 94.5 Å². The van der Waals surface area contributed by atoms with Crippen molar-refractivity contribution in [3.63, 3.8) is 0 Å². The Balaban J connectivity index is 1.76. The summed E-state index contributed by atoms with van der Waals surface area (Å²) in [4.78, 5) is 68.4. The van der Waals surface area contributed by atoms with Crippen molar-refractivity contribution in [2.45, 2.75) is 64.3 Å². The van der Waals surface area contributed by atoms with Crippen molar-refractivity contribution >= 4 is 29.6 Å². The van der Waals surface area contributed by atoms with Crippen LogP contribution in [0, 0.1) is 0 Å². The van der Waals surface area contributed by atoms with Crippen molar-refractivity contribution in [3.8, 4) is 0 Å². The molecule has 1 amide bonds. The monoisotopic (exact) mass is 577 g/mol. The first-order valence-corrected chi connectivity index (χ1v) is 13.3. The van der Waals surface area contributed by atoms with E-state index in [9.17, 15) is 24.0 Å². The first-order valence-electron chi connectivity index (χ1n) is 13.3. The third kappa shape index (κ3) is 7.26. The molecule has 42 heavy (non-hydrogen) atoms. The highest BCUT2D eigenvalue weighted by atomic mass is 16.7. The Bertz CT molecular complexity index is 1500. The van der Waals surface area contributed by atoms with E-state index in [0.29, 0.717) is 0 Å². The van der Waals surface area contributed by atoms with E-state index in [1.165, 1.54) is 36.5 Å². The molecule has 0 spiro atoms. The number of carbonyl (C=O) groups is 4. The van der Waals surface area contributed by atoms with E-state index in [2.05, 4.69) is 10.3 Å². The van der Waals surface area contributed by atoms with Crippen LogP contribution in [0.1, 0.15) is 61.1 Å². The van der Waals surface area contributed by atoms with Crippen molar-refractivity contribution in [1.29, 1.82) is 0 Å². The van der Waals surface area contributed by atoms with Crippen molar-refractivity contribution < 1.29 is 38.1 Å². The Hall–Kier alpha value is -4.84. The molecule has 0 aliphatic carbocycles. The first kappa shape index (κ1) is 30.1. The minimum atomic E-state index is -1.58. The number of carbonyl (C=O) groups excluding carboxylic acids is 4. The van der Waals surface area contributed by atoms with E-state index >= 15 is 0 Å². The number of amides is 1. The van der Waals surface area contributed by atoms with Gasteiger partial charge in [-0.05, 0) is 51.1 Å². The van der Waals surface area contributed by atoms with Crippen LogP contribution in [-0.2, 0) is 28.5 Å². The number of hydrogen-bond donors (Lipinski definition) is 1. The summed E-state index contributed by atoms with van der Waals surface area (Å²) >= 11 is 0. The Kier molecular flexibility index (Phi) is 9.16. The summed E-state index contributed by atoms with van der Waals surface area (Å²) in [5.41, 5.74) is -1.48. The molecule has 1 aromatic heterocycles. The summed E-state index contributed by atoms with van der Waals surface area (Å²) in [6.45, 7) is 6.58. The van der Waals surface area contributed by atoms with Crippen LogP contribution >= 0.6 is 0 Å². The van der Waals surface area contributed by atoms with Crippen LogP contribution in [0.2, 0.25) is 0 Å². The summed E-state index contributed by atoms with van der Waals surface area (Å²) in [6, 6.07) is 17.4. The molecule has 1 aliphatic heterocycles. The van der Waals surface area contributed by atoms with Gasteiger partial charge in [0.1, 0.15) is 11.4 Å². The summed E-state index contributed by atoms with van der Waals surface area (Å²) < 4.78 is 24.0. The molecule has 0 bridgehead atoms. The lowest BCUT2D eigenvalue weighted by molar-refractivity contribution is -0.173. The third-order valence-electron chi connectivity index (χ3n) is 6.03. The van der Waals surface area contributed by atoms with E-state index in [1.54, 1.807) is 64.1 Å². The van der Waals surface area contributed by atoms with Crippen LogP contribution in [0.15, 0.2) is 77.7 Å². The molecular formula is C30H31N3O9. The van der Waals surface area contributed by atoms with Crippen LogP contribution in [0.3, 0.4) is 0 Å². The van der Waals surface area contributed by atoms with Gasteiger partial charge in [0.05, 0.1) is 11.1 Å². The quantitative estimate of drug-likeness (QED) is 0.312. The number of aromatic nitrogens is 2. The Morgan fingerprint density at radius 1 is 0.881 bits per heavy atom. The molecule has 2 heterocycles. The Morgan fingerprint density at radius 3 is 1.93 bits per heavy atom. The van der Waals surface area contributed by atoms with E-state index in [1.807, 2.05) is 0 Å². The highest BCUT2D eigenvalue weighted by molar-refractivity contribution is 5.91. The number of anilines is 1. The van der Waals surface area contributed by atoms with Gasteiger partial charge in [-0.15, -0.1) is 0 Å². The maximum absolute atomic E-state index is 13.3. The topological polar surface area (TPSA) is 152 Å². The Labute approximate surface area is 241 Å². The highest BCUT2D eigenvalue weighted by Crippen LogP contribution is 2.35. The van der Waals surface area contributed by atoms with Gasteiger partial charge in [-0.25, -0.2) is 19.2 Å². The molecule has 4 rings (SSSR count). The van der Waals surface area contributed by atoms with Gasteiger partial charge in [-0.2, -0.15) is 4.98 Å². The van der Waals surface area contributed by atoms with Gasteiger partial charge in [0.25, 0.3) is 0 Å². The van der Waals surface area contributed by atoms with Crippen molar-refractivity contribution in [2.24, 2.45) is 0 Å². The maximum atomic E-state index is 13.3. The molecule has 0 unspecified atom stereocenters. The predicted molar refractivity (Wildman–Crippen MR) is 148 cm³/mol. The van der Waals surface area contributed by atoms with Crippen LogP contribution < -0.4 is 11.0 Å². The summed E-state index contributed by atoms with van der Waals surface area (Å²) in [7, 11) is 0. The summed E-state index contributed by atoms with van der Waals surface area (Å²) in [6.07, 6.45) is -4.61. The molecule has 12 nitrogen and oxygen atoms in total. The van der Waals surface area contributed by atoms with Crippen LogP contribution in [0.5, 0.6) is 0 Å². The van der Waals surface area contributed by atoms with Gasteiger partial charge >= 0.3 is 23.6 Å². The SMILES string of the molecule is CCC(=O)Nc1ccn([C@@H]2O[C@H](C(=O)OC(C)(C)C)[C@@H](OC(=O)c3ccccc3)[C@@H]2OC(=O)c2ccccc2)c(=O)n1. The zero-order valence-corrected chi connectivity index (χ0v) is 23.5. The van der Waals surface area contributed by atoms with Gasteiger partial charge in [0, 0.05) is 12.6 Å². The molecule has 1 aliphatic rings. The number of benzene rings is 2. The molecule has 12 heteroatoms. The number of nitrogens with zero attached hydrogens (tertiary/aromatic N) is 2. The molecule has 1 fully saturated rings. The molecule has 220 valence electrons. The molecule has 1 saturated heterocycles. The lowest BCUT2D eigenvalue weighted by atomic mass is 10.1.